The molecule has 3 N–H and O–H groups in total. The second kappa shape index (κ2) is 10.3. The van der Waals surface area contributed by atoms with Crippen LogP contribution in [-0.2, 0) is 14.3 Å². The molecule has 2 aliphatic rings. The molecule has 0 unspecified atom stereocenters. The molecular formula is C19H26N6O3S. The molecule has 1 amide bonds. The van der Waals surface area contributed by atoms with Crippen molar-refractivity contribution in [1.29, 1.82) is 0 Å². The van der Waals surface area contributed by atoms with Gasteiger partial charge in [0, 0.05) is 37.8 Å². The Hall–Kier alpha value is -2.59. The van der Waals surface area contributed by atoms with E-state index in [2.05, 4.69) is 24.6 Å². The van der Waals surface area contributed by atoms with Crippen molar-refractivity contribution in [2.45, 2.75) is 19.3 Å². The lowest BCUT2D eigenvalue weighted by Gasteiger charge is -2.30. The number of esters is 1. The third kappa shape index (κ3) is 5.27. The summed E-state index contributed by atoms with van der Waals surface area (Å²) in [4.78, 5) is 39.2. The van der Waals surface area contributed by atoms with E-state index >= 15 is 0 Å². The van der Waals surface area contributed by atoms with Gasteiger partial charge in [0.05, 0.1) is 23.9 Å². The van der Waals surface area contributed by atoms with E-state index in [1.54, 1.807) is 18.1 Å². The average molecular weight is 419 g/mol. The van der Waals surface area contributed by atoms with Crippen molar-refractivity contribution >= 4 is 40.5 Å². The number of thioether (sulfide) groups is 1. The summed E-state index contributed by atoms with van der Waals surface area (Å²) in [5, 5.41) is 0.987. The highest BCUT2D eigenvalue weighted by atomic mass is 32.2. The number of nitrogens with zero attached hydrogens (tertiary/aromatic N) is 4. The Morgan fingerprint density at radius 3 is 2.72 bits per heavy atom. The van der Waals surface area contributed by atoms with Crippen LogP contribution in [0.15, 0.2) is 29.7 Å². The molecule has 9 nitrogen and oxygen atoms in total. The number of hydrogen-bond donors (Lipinski definition) is 2. The number of hydrogen-bond acceptors (Lipinski definition) is 8. The number of aromatic nitrogens is 3. The molecule has 2 aliphatic heterocycles. The summed E-state index contributed by atoms with van der Waals surface area (Å²) >= 11 is 1.65. The van der Waals surface area contributed by atoms with Crippen LogP contribution in [0.25, 0.3) is 11.0 Å². The fourth-order valence-corrected chi connectivity index (χ4v) is 4.17. The first-order valence-corrected chi connectivity index (χ1v) is 10.6. The van der Waals surface area contributed by atoms with Crippen molar-refractivity contribution in [2.24, 2.45) is 5.73 Å². The van der Waals surface area contributed by atoms with Gasteiger partial charge < -0.3 is 25.3 Å². The largest absolute Gasteiger partial charge is 0.468 e. The summed E-state index contributed by atoms with van der Waals surface area (Å²) < 4.78 is 4.14. The van der Waals surface area contributed by atoms with Crippen LogP contribution >= 0.6 is 11.8 Å². The van der Waals surface area contributed by atoms with Gasteiger partial charge in [0.2, 0.25) is 0 Å². The molecule has 0 spiro atoms. The van der Waals surface area contributed by atoms with Gasteiger partial charge in [0.1, 0.15) is 17.8 Å². The maximum Gasteiger partial charge on any atom is 0.319 e. The summed E-state index contributed by atoms with van der Waals surface area (Å²) in [6, 6.07) is 1.98. The van der Waals surface area contributed by atoms with Crippen LogP contribution in [0.5, 0.6) is 0 Å². The van der Waals surface area contributed by atoms with Gasteiger partial charge >= 0.3 is 5.97 Å². The molecule has 2 aromatic rings. The Morgan fingerprint density at radius 2 is 2.03 bits per heavy atom. The molecule has 4 heterocycles. The average Bonchev–Trinajstić information content (AvgIpc) is 3.28. The number of nitrogens with one attached hydrogen (secondary N) is 1. The maximum absolute atomic E-state index is 12.7. The fraction of sp³-hybridized carbons (Fsp3) is 0.474. The van der Waals surface area contributed by atoms with E-state index in [4.69, 9.17) is 5.73 Å². The molecular weight excluding hydrogens is 392 g/mol. The normalized spacial score (nSPS) is 16.7. The quantitative estimate of drug-likeness (QED) is 0.720. The van der Waals surface area contributed by atoms with Gasteiger partial charge in [0.25, 0.3) is 5.91 Å². The molecule has 10 heteroatoms. The van der Waals surface area contributed by atoms with Crippen LogP contribution < -0.4 is 10.6 Å². The van der Waals surface area contributed by atoms with Gasteiger partial charge in [-0.05, 0) is 25.3 Å². The van der Waals surface area contributed by atoms with Crippen molar-refractivity contribution < 1.29 is 14.3 Å². The monoisotopic (exact) mass is 418 g/mol. The molecule has 2 aromatic heterocycles. The van der Waals surface area contributed by atoms with Crippen molar-refractivity contribution in [3.63, 3.8) is 0 Å². The van der Waals surface area contributed by atoms with E-state index < -0.39 is 0 Å². The molecule has 0 bridgehead atoms. The lowest BCUT2D eigenvalue weighted by molar-refractivity contribution is -0.138. The van der Waals surface area contributed by atoms with Gasteiger partial charge in [0.15, 0.2) is 0 Å². The number of nitrogens with two attached hydrogens (primary N) is 1. The second-order valence-corrected chi connectivity index (χ2v) is 7.74. The predicted octanol–water partition coefficient (Wildman–Crippen LogP) is 1.48. The number of anilines is 1. The number of fused-ring (bicyclic) bond motifs is 1. The molecule has 0 aromatic carbocycles. The molecule has 0 aliphatic carbocycles. The van der Waals surface area contributed by atoms with Gasteiger partial charge in [-0.3, -0.25) is 9.59 Å². The van der Waals surface area contributed by atoms with E-state index in [1.165, 1.54) is 13.5 Å². The number of piperidine rings is 1. The van der Waals surface area contributed by atoms with Crippen LogP contribution in [0.1, 0.15) is 19.3 Å². The van der Waals surface area contributed by atoms with Crippen LogP contribution in [-0.4, -0.2) is 70.8 Å². The van der Waals surface area contributed by atoms with E-state index in [1.807, 2.05) is 23.4 Å². The van der Waals surface area contributed by atoms with E-state index in [9.17, 15) is 9.59 Å². The number of carbonyl (C=O) groups is 2. The summed E-state index contributed by atoms with van der Waals surface area (Å²) in [5.74, 6) is 1.54. The number of amides is 1. The topological polar surface area (TPSA) is 117 Å². The number of methoxy groups -OCH3 is 1. The number of carbonyl (C=O) groups excluding carboxylic acids is 2. The Kier molecular flexibility index (Phi) is 7.48. The number of H-pyrrole nitrogens is 1. The third-order valence-corrected chi connectivity index (χ3v) is 5.69. The molecule has 0 radical (unpaired) electrons. The summed E-state index contributed by atoms with van der Waals surface area (Å²) in [6.07, 6.45) is 8.85. The van der Waals surface area contributed by atoms with Crippen LogP contribution in [0.4, 0.5) is 5.82 Å². The fourth-order valence-electron chi connectivity index (χ4n) is 3.21. The van der Waals surface area contributed by atoms with E-state index in [0.717, 1.165) is 60.0 Å². The zero-order chi connectivity index (χ0) is 20.6. The first-order valence-electron chi connectivity index (χ1n) is 9.59. The zero-order valence-corrected chi connectivity index (χ0v) is 17.3. The number of aromatic amines is 1. The van der Waals surface area contributed by atoms with Gasteiger partial charge in [-0.15, -0.1) is 11.8 Å². The predicted molar refractivity (Wildman–Crippen MR) is 113 cm³/mol. The van der Waals surface area contributed by atoms with Gasteiger partial charge in [-0.2, -0.15) is 0 Å². The molecule has 29 heavy (non-hydrogen) atoms. The lowest BCUT2D eigenvalue weighted by atomic mass is 10.1. The maximum atomic E-state index is 12.7. The first kappa shape index (κ1) is 21.1. The number of rotatable bonds is 3. The Labute approximate surface area is 173 Å². The summed E-state index contributed by atoms with van der Waals surface area (Å²) in [5.41, 5.74) is 5.63. The first-order chi connectivity index (χ1) is 14.1. The van der Waals surface area contributed by atoms with Crippen molar-refractivity contribution in [3.8, 4) is 0 Å². The summed E-state index contributed by atoms with van der Waals surface area (Å²) in [6.45, 7) is 2.58. The third-order valence-electron chi connectivity index (χ3n) is 4.72. The minimum Gasteiger partial charge on any atom is -0.468 e. The minimum absolute atomic E-state index is 0.0312. The highest BCUT2D eigenvalue weighted by molar-refractivity contribution is 8.04. The van der Waals surface area contributed by atoms with Crippen molar-refractivity contribution in [2.75, 3.05) is 43.9 Å². The van der Waals surface area contributed by atoms with Gasteiger partial charge in [-0.1, -0.05) is 0 Å². The molecule has 0 atom stereocenters. The molecule has 4 rings (SSSR count). The standard InChI is InChI=1S/C16H19N5OS.C3H7NO2/c22-16(20-6-2-1-3-7-20)13-10-21(8-9-23-13)15-12-4-5-17-14(12)18-11-19-15;1-6-3(5)2-4/h4-5,10-11H,1-3,6-9H2,(H,17,18,19);2,4H2,1H3. The zero-order valence-electron chi connectivity index (χ0n) is 16.5. The highest BCUT2D eigenvalue weighted by Crippen LogP contribution is 2.30. The Morgan fingerprint density at radius 1 is 1.24 bits per heavy atom. The van der Waals surface area contributed by atoms with Crippen LogP contribution in [0, 0.1) is 0 Å². The molecule has 0 saturated carbocycles. The molecule has 1 fully saturated rings. The van der Waals surface area contributed by atoms with E-state index in [-0.39, 0.29) is 18.4 Å². The van der Waals surface area contributed by atoms with Gasteiger partial charge in [-0.25, -0.2) is 9.97 Å². The Balaban J connectivity index is 0.000000353. The Bertz CT molecular complexity index is 872. The van der Waals surface area contributed by atoms with Crippen molar-refractivity contribution in [3.05, 3.63) is 29.7 Å². The van der Waals surface area contributed by atoms with Crippen LogP contribution in [0.3, 0.4) is 0 Å². The SMILES string of the molecule is COC(=O)CN.O=C(C1=CN(c2ncnc3[nH]ccc23)CCS1)N1CCCCC1. The lowest BCUT2D eigenvalue weighted by Crippen LogP contribution is -2.38. The smallest absolute Gasteiger partial charge is 0.319 e. The molecule has 1 saturated heterocycles. The van der Waals surface area contributed by atoms with E-state index in [0.29, 0.717) is 0 Å². The second-order valence-electron chi connectivity index (χ2n) is 6.61. The molecule has 156 valence electrons. The minimum atomic E-state index is -0.380. The number of likely N-dealkylation sites (tertiary alicyclic amines) is 1. The number of ether oxygens (including phenoxy) is 1. The van der Waals surface area contributed by atoms with Crippen molar-refractivity contribution in [1.82, 2.24) is 19.9 Å². The summed E-state index contributed by atoms with van der Waals surface area (Å²) in [7, 11) is 1.30. The highest BCUT2D eigenvalue weighted by Gasteiger charge is 2.25. The van der Waals surface area contributed by atoms with Crippen LogP contribution in [0.2, 0.25) is 0 Å².